The summed E-state index contributed by atoms with van der Waals surface area (Å²) >= 11 is 0. The van der Waals surface area contributed by atoms with Crippen molar-refractivity contribution >= 4 is 28.3 Å². The molecule has 0 unspecified atom stereocenters. The van der Waals surface area contributed by atoms with Crippen LogP contribution in [0.1, 0.15) is 55.5 Å². The van der Waals surface area contributed by atoms with E-state index < -0.39 is 0 Å². The second kappa shape index (κ2) is 10.3. The summed E-state index contributed by atoms with van der Waals surface area (Å²) in [7, 11) is 1.64. The predicted molar refractivity (Wildman–Crippen MR) is 138 cm³/mol. The van der Waals surface area contributed by atoms with E-state index in [-0.39, 0.29) is 29.7 Å². The van der Waals surface area contributed by atoms with Gasteiger partial charge in [-0.15, -0.1) is 0 Å². The number of carbonyl (C=O) groups excluding carboxylic acids is 2. The lowest BCUT2D eigenvalue weighted by atomic mass is 9.90. The van der Waals surface area contributed by atoms with Gasteiger partial charge in [0.1, 0.15) is 0 Å². The minimum atomic E-state index is -0.115. The number of anilines is 1. The van der Waals surface area contributed by atoms with Gasteiger partial charge in [-0.05, 0) is 54.5 Å². The third kappa shape index (κ3) is 5.28. The normalized spacial score (nSPS) is 18.1. The summed E-state index contributed by atoms with van der Waals surface area (Å²) < 4.78 is 0. The van der Waals surface area contributed by atoms with Crippen molar-refractivity contribution in [2.75, 3.05) is 12.4 Å². The maximum Gasteiger partial charge on any atom is 0.224 e. The lowest BCUT2D eigenvalue weighted by Gasteiger charge is -2.29. The Hall–Kier alpha value is -3.25. The second-order valence-corrected chi connectivity index (χ2v) is 9.60. The van der Waals surface area contributed by atoms with Gasteiger partial charge in [0.25, 0.3) is 0 Å². The number of fused-ring (bicyclic) bond motifs is 1. The van der Waals surface area contributed by atoms with Crippen LogP contribution in [-0.2, 0) is 11.2 Å². The van der Waals surface area contributed by atoms with E-state index in [2.05, 4.69) is 27.8 Å². The van der Waals surface area contributed by atoms with Gasteiger partial charge in [-0.1, -0.05) is 44.2 Å². The lowest BCUT2D eigenvalue weighted by Crippen LogP contribution is -2.33. The van der Waals surface area contributed by atoms with Gasteiger partial charge in [0, 0.05) is 36.6 Å². The van der Waals surface area contributed by atoms with Crippen LogP contribution in [0.4, 0.5) is 5.69 Å². The number of Topliss-reactive ketones (excluding diaryl/α,β-unsaturated/α-hetero) is 1. The van der Waals surface area contributed by atoms with Gasteiger partial charge in [-0.25, -0.2) is 0 Å². The van der Waals surface area contributed by atoms with E-state index >= 15 is 0 Å². The first-order valence-electron chi connectivity index (χ1n) is 12.1. The SMILES string of the molecule is CNC(=O)Cc1ccc(-c2ccc3ncc(C(=O)C(C)C)c(NC4CCC(N)CC4)c3c2)cc1. The molecule has 3 aromatic rings. The van der Waals surface area contributed by atoms with E-state index in [0.717, 1.165) is 59.0 Å². The van der Waals surface area contributed by atoms with E-state index in [4.69, 9.17) is 5.73 Å². The molecule has 2 aromatic carbocycles. The Labute approximate surface area is 201 Å². The summed E-state index contributed by atoms with van der Waals surface area (Å²) in [6.07, 6.45) is 6.04. The van der Waals surface area contributed by atoms with Crippen LogP contribution in [0, 0.1) is 5.92 Å². The third-order valence-corrected chi connectivity index (χ3v) is 6.71. The molecule has 0 aliphatic heterocycles. The number of hydrogen-bond donors (Lipinski definition) is 3. The zero-order chi connectivity index (χ0) is 24.2. The molecule has 6 nitrogen and oxygen atoms in total. The first-order valence-corrected chi connectivity index (χ1v) is 12.1. The molecule has 1 heterocycles. The van der Waals surface area contributed by atoms with Crippen LogP contribution in [0.25, 0.3) is 22.0 Å². The minimum absolute atomic E-state index is 0.00809. The molecular weight excluding hydrogens is 424 g/mol. The number of hydrogen-bond acceptors (Lipinski definition) is 5. The molecule has 6 heteroatoms. The molecule has 1 aliphatic carbocycles. The highest BCUT2D eigenvalue weighted by molar-refractivity contribution is 6.09. The number of likely N-dealkylation sites (N-methyl/N-ethyl adjacent to an activating group) is 1. The van der Waals surface area contributed by atoms with Crippen molar-refractivity contribution in [2.24, 2.45) is 11.7 Å². The maximum atomic E-state index is 13.1. The highest BCUT2D eigenvalue weighted by Crippen LogP contribution is 2.34. The number of nitrogens with one attached hydrogen (secondary N) is 2. The van der Waals surface area contributed by atoms with Gasteiger partial charge in [-0.2, -0.15) is 0 Å². The Morgan fingerprint density at radius 1 is 1.03 bits per heavy atom. The number of aromatic nitrogens is 1. The Morgan fingerprint density at radius 2 is 1.71 bits per heavy atom. The monoisotopic (exact) mass is 458 g/mol. The van der Waals surface area contributed by atoms with E-state index in [1.165, 1.54) is 0 Å². The maximum absolute atomic E-state index is 13.1. The van der Waals surface area contributed by atoms with Crippen molar-refractivity contribution < 1.29 is 9.59 Å². The van der Waals surface area contributed by atoms with E-state index in [1.807, 2.05) is 44.2 Å². The van der Waals surface area contributed by atoms with Crippen LogP contribution < -0.4 is 16.4 Å². The van der Waals surface area contributed by atoms with Crippen LogP contribution >= 0.6 is 0 Å². The summed E-state index contributed by atoms with van der Waals surface area (Å²) in [4.78, 5) is 29.4. The van der Waals surface area contributed by atoms with Gasteiger partial charge in [0.2, 0.25) is 5.91 Å². The van der Waals surface area contributed by atoms with Crippen LogP contribution in [0.15, 0.2) is 48.7 Å². The van der Waals surface area contributed by atoms with Crippen molar-refractivity contribution in [1.29, 1.82) is 0 Å². The fourth-order valence-electron chi connectivity index (χ4n) is 4.58. The zero-order valence-corrected chi connectivity index (χ0v) is 20.2. The molecule has 4 rings (SSSR count). The first kappa shape index (κ1) is 23.9. The molecule has 34 heavy (non-hydrogen) atoms. The van der Waals surface area contributed by atoms with Crippen molar-refractivity contribution in [1.82, 2.24) is 10.3 Å². The van der Waals surface area contributed by atoms with Crippen molar-refractivity contribution in [3.8, 4) is 11.1 Å². The Morgan fingerprint density at radius 3 is 2.35 bits per heavy atom. The number of pyridine rings is 1. The minimum Gasteiger partial charge on any atom is -0.381 e. The van der Waals surface area contributed by atoms with E-state index in [1.54, 1.807) is 13.2 Å². The smallest absolute Gasteiger partial charge is 0.224 e. The van der Waals surface area contributed by atoms with Gasteiger partial charge < -0.3 is 16.4 Å². The standard InChI is InChI=1S/C28H34N4O2/c1-17(2)28(34)24-16-31-25-13-8-20(19-6-4-18(5-7-19)14-26(33)30-3)15-23(25)27(24)32-22-11-9-21(29)10-12-22/h4-8,13,15-17,21-22H,9-12,14,29H2,1-3H3,(H,30,33)(H,31,32). The molecule has 0 bridgehead atoms. The zero-order valence-electron chi connectivity index (χ0n) is 20.2. The van der Waals surface area contributed by atoms with Crippen LogP contribution in [0.2, 0.25) is 0 Å². The topological polar surface area (TPSA) is 97.1 Å². The fraction of sp³-hybridized carbons (Fsp3) is 0.393. The number of nitrogens with two attached hydrogens (primary N) is 1. The number of ketones is 1. The molecule has 0 radical (unpaired) electrons. The van der Waals surface area contributed by atoms with Gasteiger partial charge in [-0.3, -0.25) is 14.6 Å². The highest BCUT2D eigenvalue weighted by Gasteiger charge is 2.23. The molecule has 1 aliphatic rings. The molecular formula is C28H34N4O2. The summed E-state index contributed by atoms with van der Waals surface area (Å²) in [5.41, 5.74) is 11.6. The van der Waals surface area contributed by atoms with Gasteiger partial charge >= 0.3 is 0 Å². The number of rotatable bonds is 7. The molecule has 1 fully saturated rings. The molecule has 0 saturated heterocycles. The molecule has 0 spiro atoms. The number of carbonyl (C=O) groups is 2. The molecule has 4 N–H and O–H groups in total. The summed E-state index contributed by atoms with van der Waals surface area (Å²) in [6.45, 7) is 3.85. The largest absolute Gasteiger partial charge is 0.381 e. The Kier molecular flexibility index (Phi) is 7.27. The average Bonchev–Trinajstić information content (AvgIpc) is 2.85. The van der Waals surface area contributed by atoms with Gasteiger partial charge in [0.05, 0.1) is 23.2 Å². The van der Waals surface area contributed by atoms with Crippen LogP contribution in [-0.4, -0.2) is 35.8 Å². The second-order valence-electron chi connectivity index (χ2n) is 9.60. The number of benzene rings is 2. The lowest BCUT2D eigenvalue weighted by molar-refractivity contribution is -0.119. The summed E-state index contributed by atoms with van der Waals surface area (Å²) in [5, 5.41) is 7.31. The molecule has 0 atom stereocenters. The van der Waals surface area contributed by atoms with E-state index in [9.17, 15) is 9.59 Å². The van der Waals surface area contributed by atoms with Crippen molar-refractivity contribution in [3.05, 3.63) is 59.8 Å². The molecule has 1 saturated carbocycles. The van der Waals surface area contributed by atoms with E-state index in [0.29, 0.717) is 12.0 Å². The quantitative estimate of drug-likeness (QED) is 0.446. The van der Waals surface area contributed by atoms with Crippen LogP contribution in [0.5, 0.6) is 0 Å². The van der Waals surface area contributed by atoms with Crippen molar-refractivity contribution in [3.63, 3.8) is 0 Å². The number of amides is 1. The molecule has 178 valence electrons. The molecule has 1 amide bonds. The highest BCUT2D eigenvalue weighted by atomic mass is 16.1. The summed E-state index contributed by atoms with van der Waals surface area (Å²) in [5.74, 6) is -0.0322. The Bertz CT molecular complexity index is 1180. The third-order valence-electron chi connectivity index (χ3n) is 6.71. The average molecular weight is 459 g/mol. The van der Waals surface area contributed by atoms with Crippen LogP contribution in [0.3, 0.4) is 0 Å². The fourth-order valence-corrected chi connectivity index (χ4v) is 4.58. The molecule has 1 aromatic heterocycles. The number of nitrogens with zero attached hydrogens (tertiary/aromatic N) is 1. The van der Waals surface area contributed by atoms with Crippen molar-refractivity contribution in [2.45, 2.75) is 58.0 Å². The Balaban J connectivity index is 1.73. The van der Waals surface area contributed by atoms with Gasteiger partial charge in [0.15, 0.2) is 5.78 Å². The summed E-state index contributed by atoms with van der Waals surface area (Å²) in [6, 6.07) is 14.8. The predicted octanol–water partition coefficient (Wildman–Crippen LogP) is 4.71. The first-order chi connectivity index (χ1) is 16.4.